The van der Waals surface area contributed by atoms with Gasteiger partial charge in [-0.25, -0.2) is 4.68 Å². The quantitative estimate of drug-likeness (QED) is 0.515. The number of carbonyl (C=O) groups is 2. The second-order valence-electron chi connectivity index (χ2n) is 5.98. The van der Waals surface area contributed by atoms with Gasteiger partial charge in [0.2, 0.25) is 5.91 Å². The lowest BCUT2D eigenvalue weighted by Gasteiger charge is -2.11. The van der Waals surface area contributed by atoms with Gasteiger partial charge in [0, 0.05) is 24.5 Å². The highest BCUT2D eigenvalue weighted by Crippen LogP contribution is 2.22. The molecule has 140 valence electrons. The van der Waals surface area contributed by atoms with E-state index in [0.717, 1.165) is 22.8 Å². The molecule has 1 aromatic carbocycles. The van der Waals surface area contributed by atoms with Gasteiger partial charge in [0.25, 0.3) is 0 Å². The van der Waals surface area contributed by atoms with Gasteiger partial charge in [-0.1, -0.05) is 18.2 Å². The van der Waals surface area contributed by atoms with Gasteiger partial charge in [0.1, 0.15) is 12.2 Å². The molecule has 3 aromatic rings. The van der Waals surface area contributed by atoms with Gasteiger partial charge >= 0.3 is 5.97 Å². The van der Waals surface area contributed by atoms with Crippen LogP contribution in [-0.2, 0) is 20.9 Å². The molecule has 0 radical (unpaired) electrons. The van der Waals surface area contributed by atoms with Gasteiger partial charge in [-0.15, -0.1) is 0 Å². The van der Waals surface area contributed by atoms with Crippen molar-refractivity contribution in [1.82, 2.24) is 19.7 Å². The van der Waals surface area contributed by atoms with Crippen molar-refractivity contribution < 1.29 is 14.3 Å². The highest BCUT2D eigenvalue weighted by Gasteiger charge is 2.19. The summed E-state index contributed by atoms with van der Waals surface area (Å²) < 4.78 is 8.62. The van der Waals surface area contributed by atoms with Crippen LogP contribution in [0.4, 0.5) is 0 Å². The number of nitrogens with one attached hydrogen (secondary N) is 1. The summed E-state index contributed by atoms with van der Waals surface area (Å²) in [5.74, 6) is -0.0590. The lowest BCUT2D eigenvalue weighted by Crippen LogP contribution is -2.26. The van der Waals surface area contributed by atoms with E-state index in [1.165, 1.54) is 0 Å². The predicted molar refractivity (Wildman–Crippen MR) is 101 cm³/mol. The standard InChI is InChI=1S/C20H22N4O3/c1-3-27-19(26)13-18(25)21-14-17-15(2)22-24(16-9-5-4-6-10-16)20(17)23-11-7-8-12-23/h4-12H,3,13-14H2,1-2H3,(H,21,25). The molecule has 0 aliphatic rings. The van der Waals surface area contributed by atoms with Gasteiger partial charge in [-0.3, -0.25) is 9.59 Å². The Morgan fingerprint density at radius 3 is 2.48 bits per heavy atom. The summed E-state index contributed by atoms with van der Waals surface area (Å²) in [6.45, 7) is 4.14. The number of ether oxygens (including phenoxy) is 1. The lowest BCUT2D eigenvalue weighted by atomic mass is 10.2. The molecule has 0 saturated carbocycles. The van der Waals surface area contributed by atoms with E-state index in [2.05, 4.69) is 10.4 Å². The molecule has 0 bridgehead atoms. The van der Waals surface area contributed by atoms with E-state index >= 15 is 0 Å². The molecule has 7 heteroatoms. The Bertz CT molecular complexity index is 914. The first kappa shape index (κ1) is 18.4. The van der Waals surface area contributed by atoms with Crippen molar-refractivity contribution in [1.29, 1.82) is 0 Å². The average molecular weight is 366 g/mol. The van der Waals surface area contributed by atoms with Crippen LogP contribution < -0.4 is 5.32 Å². The first-order valence-electron chi connectivity index (χ1n) is 8.79. The molecular formula is C20H22N4O3. The van der Waals surface area contributed by atoms with E-state index in [4.69, 9.17) is 4.74 Å². The third-order valence-corrected chi connectivity index (χ3v) is 4.08. The minimum atomic E-state index is -0.530. The zero-order valence-electron chi connectivity index (χ0n) is 15.4. The van der Waals surface area contributed by atoms with E-state index < -0.39 is 5.97 Å². The minimum Gasteiger partial charge on any atom is -0.466 e. The fourth-order valence-electron chi connectivity index (χ4n) is 2.84. The first-order chi connectivity index (χ1) is 13.1. The monoisotopic (exact) mass is 366 g/mol. The number of nitrogens with zero attached hydrogens (tertiary/aromatic N) is 3. The van der Waals surface area contributed by atoms with Crippen molar-refractivity contribution in [3.8, 4) is 11.5 Å². The van der Waals surface area contributed by atoms with Crippen LogP contribution in [0.1, 0.15) is 24.6 Å². The number of amides is 1. The Morgan fingerprint density at radius 2 is 1.81 bits per heavy atom. The Morgan fingerprint density at radius 1 is 1.11 bits per heavy atom. The molecule has 0 atom stereocenters. The number of aryl methyl sites for hydroxylation is 1. The highest BCUT2D eigenvalue weighted by atomic mass is 16.5. The zero-order chi connectivity index (χ0) is 19.2. The van der Waals surface area contributed by atoms with Crippen LogP contribution in [0, 0.1) is 6.92 Å². The van der Waals surface area contributed by atoms with Gasteiger partial charge < -0.3 is 14.6 Å². The summed E-state index contributed by atoms with van der Waals surface area (Å²) >= 11 is 0. The van der Waals surface area contributed by atoms with Crippen molar-refractivity contribution >= 4 is 11.9 Å². The second kappa shape index (κ2) is 8.35. The fourth-order valence-corrected chi connectivity index (χ4v) is 2.84. The minimum absolute atomic E-state index is 0.257. The highest BCUT2D eigenvalue weighted by molar-refractivity contribution is 5.94. The summed E-state index contributed by atoms with van der Waals surface area (Å²) in [5, 5.41) is 7.45. The molecule has 27 heavy (non-hydrogen) atoms. The van der Waals surface area contributed by atoms with Crippen molar-refractivity contribution in [2.24, 2.45) is 0 Å². The molecule has 1 N–H and O–H groups in total. The van der Waals surface area contributed by atoms with Crippen LogP contribution in [0.5, 0.6) is 0 Å². The topological polar surface area (TPSA) is 78.2 Å². The van der Waals surface area contributed by atoms with Crippen LogP contribution in [-0.4, -0.2) is 32.8 Å². The molecule has 0 aliphatic heterocycles. The van der Waals surface area contributed by atoms with Crippen LogP contribution >= 0.6 is 0 Å². The summed E-state index contributed by atoms with van der Waals surface area (Å²) in [5.41, 5.74) is 2.61. The van der Waals surface area contributed by atoms with Gasteiger partial charge in [0.15, 0.2) is 0 Å². The van der Waals surface area contributed by atoms with E-state index in [-0.39, 0.29) is 25.5 Å². The molecule has 0 saturated heterocycles. The summed E-state index contributed by atoms with van der Waals surface area (Å²) in [6, 6.07) is 13.7. The Kier molecular flexibility index (Phi) is 5.71. The van der Waals surface area contributed by atoms with Gasteiger partial charge in [0.05, 0.1) is 18.0 Å². The fraction of sp³-hybridized carbons (Fsp3) is 0.250. The number of hydrogen-bond acceptors (Lipinski definition) is 4. The number of aromatic nitrogens is 3. The smallest absolute Gasteiger partial charge is 0.315 e. The summed E-state index contributed by atoms with van der Waals surface area (Å²) in [6.07, 6.45) is 3.57. The maximum Gasteiger partial charge on any atom is 0.315 e. The lowest BCUT2D eigenvalue weighted by molar-refractivity contribution is -0.146. The summed E-state index contributed by atoms with van der Waals surface area (Å²) in [4.78, 5) is 23.5. The Hall–Kier alpha value is -3.35. The largest absolute Gasteiger partial charge is 0.466 e. The maximum absolute atomic E-state index is 12.0. The van der Waals surface area contributed by atoms with Crippen LogP contribution in [0.25, 0.3) is 11.5 Å². The van der Waals surface area contributed by atoms with E-state index in [9.17, 15) is 9.59 Å². The molecule has 2 aromatic heterocycles. The third kappa shape index (κ3) is 4.25. The molecule has 7 nitrogen and oxygen atoms in total. The van der Waals surface area contributed by atoms with Crippen molar-refractivity contribution in [2.45, 2.75) is 26.8 Å². The predicted octanol–water partition coefficient (Wildman–Crippen LogP) is 2.54. The first-order valence-corrected chi connectivity index (χ1v) is 8.79. The SMILES string of the molecule is CCOC(=O)CC(=O)NCc1c(C)nn(-c2ccccc2)c1-n1cccc1. The van der Waals surface area contributed by atoms with Crippen molar-refractivity contribution in [2.75, 3.05) is 6.61 Å². The second-order valence-corrected chi connectivity index (χ2v) is 5.98. The zero-order valence-corrected chi connectivity index (χ0v) is 15.4. The normalized spacial score (nSPS) is 10.6. The molecule has 0 unspecified atom stereocenters. The Labute approximate surface area is 157 Å². The Balaban J connectivity index is 1.88. The van der Waals surface area contributed by atoms with E-state index in [1.54, 1.807) is 6.92 Å². The molecule has 0 spiro atoms. The molecule has 3 rings (SSSR count). The number of para-hydroxylation sites is 1. The molecule has 2 heterocycles. The third-order valence-electron chi connectivity index (χ3n) is 4.08. The number of rotatable bonds is 7. The molecule has 0 aliphatic carbocycles. The summed E-state index contributed by atoms with van der Waals surface area (Å²) in [7, 11) is 0. The number of hydrogen-bond donors (Lipinski definition) is 1. The van der Waals surface area contributed by atoms with Gasteiger partial charge in [-0.2, -0.15) is 5.10 Å². The van der Waals surface area contributed by atoms with Crippen molar-refractivity contribution in [3.05, 3.63) is 66.1 Å². The maximum atomic E-state index is 12.0. The number of esters is 1. The molecular weight excluding hydrogens is 344 g/mol. The van der Waals surface area contributed by atoms with E-state index in [0.29, 0.717) is 0 Å². The van der Waals surface area contributed by atoms with Crippen LogP contribution in [0.15, 0.2) is 54.9 Å². The molecule has 0 fully saturated rings. The molecule has 1 amide bonds. The number of benzene rings is 1. The van der Waals surface area contributed by atoms with Crippen molar-refractivity contribution in [3.63, 3.8) is 0 Å². The average Bonchev–Trinajstić information content (AvgIpc) is 3.28. The van der Waals surface area contributed by atoms with E-state index in [1.807, 2.05) is 71.0 Å². The van der Waals surface area contributed by atoms with Crippen LogP contribution in [0.2, 0.25) is 0 Å². The van der Waals surface area contributed by atoms with Gasteiger partial charge in [-0.05, 0) is 38.1 Å². The number of carbonyl (C=O) groups excluding carboxylic acids is 2. The van der Waals surface area contributed by atoms with Crippen LogP contribution in [0.3, 0.4) is 0 Å².